The van der Waals surface area contributed by atoms with E-state index in [0.717, 1.165) is 48.7 Å². The number of rotatable bonds is 5. The Bertz CT molecular complexity index is 1040. The van der Waals surface area contributed by atoms with Gasteiger partial charge in [0.2, 0.25) is 5.91 Å². The fourth-order valence-electron chi connectivity index (χ4n) is 3.48. The first-order valence-corrected chi connectivity index (χ1v) is 12.0. The van der Waals surface area contributed by atoms with Gasteiger partial charge >= 0.3 is 0 Å². The van der Waals surface area contributed by atoms with Crippen molar-refractivity contribution in [2.24, 2.45) is 0 Å². The maximum Gasteiger partial charge on any atom is 0.238 e. The largest absolute Gasteiger partial charge is 0.368 e. The van der Waals surface area contributed by atoms with Gasteiger partial charge in [-0.15, -0.1) is 0 Å². The summed E-state index contributed by atoms with van der Waals surface area (Å²) in [6.07, 6.45) is 1.63. The summed E-state index contributed by atoms with van der Waals surface area (Å²) >= 11 is 0. The number of amides is 1. The van der Waals surface area contributed by atoms with E-state index in [0.29, 0.717) is 6.54 Å². The van der Waals surface area contributed by atoms with Gasteiger partial charge in [-0.05, 0) is 63.9 Å². The molecule has 7 nitrogen and oxygen atoms in total. The van der Waals surface area contributed by atoms with Gasteiger partial charge in [-0.1, -0.05) is 12.1 Å². The van der Waals surface area contributed by atoms with Crippen LogP contribution in [0.1, 0.15) is 31.9 Å². The number of nitrogens with one attached hydrogen (secondary N) is 1. The van der Waals surface area contributed by atoms with Crippen molar-refractivity contribution >= 4 is 27.1 Å². The Morgan fingerprint density at radius 1 is 1.06 bits per heavy atom. The van der Waals surface area contributed by atoms with Crippen molar-refractivity contribution < 1.29 is 13.2 Å². The van der Waals surface area contributed by atoms with Gasteiger partial charge in [0.15, 0.2) is 14.9 Å². The Balaban J connectivity index is 1.55. The maximum atomic E-state index is 12.5. The lowest BCUT2D eigenvalue weighted by Crippen LogP contribution is -2.48. The topological polar surface area (TPSA) is 82.6 Å². The zero-order valence-corrected chi connectivity index (χ0v) is 19.8. The molecule has 1 N–H and O–H groups in total. The van der Waals surface area contributed by atoms with Gasteiger partial charge < -0.3 is 10.2 Å². The Morgan fingerprint density at radius 2 is 1.74 bits per heavy atom. The zero-order chi connectivity index (χ0) is 22.8. The fraction of sp³-hybridized carbons (Fsp3) is 0.478. The summed E-state index contributed by atoms with van der Waals surface area (Å²) in [4.78, 5) is 21.0. The minimum atomic E-state index is -3.46. The number of sulfone groups is 1. The van der Waals surface area contributed by atoms with Crippen LogP contribution in [0.25, 0.3) is 0 Å². The lowest BCUT2D eigenvalue weighted by molar-refractivity contribution is -0.117. The highest BCUT2D eigenvalue weighted by Gasteiger charge is 2.32. The van der Waals surface area contributed by atoms with Gasteiger partial charge in [-0.25, -0.2) is 13.4 Å². The van der Waals surface area contributed by atoms with E-state index >= 15 is 0 Å². The maximum absolute atomic E-state index is 12.5. The molecule has 0 unspecified atom stereocenters. The molecule has 0 bridgehead atoms. The molecule has 0 atom stereocenters. The number of aryl methyl sites for hydroxylation is 1. The van der Waals surface area contributed by atoms with Crippen LogP contribution < -0.4 is 10.2 Å². The van der Waals surface area contributed by atoms with Crippen molar-refractivity contribution in [1.82, 2.24) is 9.88 Å². The van der Waals surface area contributed by atoms with E-state index in [9.17, 15) is 13.2 Å². The van der Waals surface area contributed by atoms with Crippen LogP contribution in [0, 0.1) is 13.8 Å². The molecule has 0 aliphatic carbocycles. The Morgan fingerprint density at radius 3 is 2.32 bits per heavy atom. The Hall–Kier alpha value is -2.45. The average Bonchev–Trinajstić information content (AvgIpc) is 2.71. The number of benzene rings is 1. The lowest BCUT2D eigenvalue weighted by Gasteiger charge is -2.35. The predicted molar refractivity (Wildman–Crippen MR) is 124 cm³/mol. The summed E-state index contributed by atoms with van der Waals surface area (Å²) in [6.45, 7) is 12.4. The monoisotopic (exact) mass is 444 g/mol. The number of aromatic nitrogens is 1. The van der Waals surface area contributed by atoms with E-state index in [-0.39, 0.29) is 10.9 Å². The second kappa shape index (κ2) is 8.96. The third-order valence-corrected chi connectivity index (χ3v) is 8.19. The van der Waals surface area contributed by atoms with E-state index in [4.69, 9.17) is 0 Å². The molecule has 8 heteroatoms. The molecule has 3 rings (SSSR count). The summed E-state index contributed by atoms with van der Waals surface area (Å²) in [5.74, 6) is -0.0134. The molecule has 1 saturated heterocycles. The van der Waals surface area contributed by atoms with Crippen molar-refractivity contribution in [3.63, 3.8) is 0 Å². The Labute approximate surface area is 185 Å². The van der Waals surface area contributed by atoms with Crippen molar-refractivity contribution in [2.45, 2.75) is 44.4 Å². The van der Waals surface area contributed by atoms with Gasteiger partial charge in [0, 0.05) is 31.9 Å². The summed E-state index contributed by atoms with van der Waals surface area (Å²) < 4.78 is 24.2. The molecule has 0 radical (unpaired) electrons. The van der Waals surface area contributed by atoms with Gasteiger partial charge in [0.25, 0.3) is 0 Å². The number of carbonyl (C=O) groups is 1. The smallest absolute Gasteiger partial charge is 0.238 e. The molecule has 168 valence electrons. The quantitative estimate of drug-likeness (QED) is 0.763. The highest BCUT2D eigenvalue weighted by atomic mass is 32.2. The van der Waals surface area contributed by atoms with Gasteiger partial charge in [0.05, 0.1) is 23.2 Å². The van der Waals surface area contributed by atoms with E-state index in [2.05, 4.69) is 20.1 Å². The van der Waals surface area contributed by atoms with Crippen LogP contribution in [0.5, 0.6) is 0 Å². The predicted octanol–water partition coefficient (Wildman–Crippen LogP) is 3.03. The summed E-state index contributed by atoms with van der Waals surface area (Å²) in [5.41, 5.74) is 4.00. The SMILES string of the molecule is Cc1cccc(NC(=O)CN2CCN(c3ccc(S(=O)(=O)C(C)(C)C)nc3)CC2)c1C. The van der Waals surface area contributed by atoms with Gasteiger partial charge in [-0.2, -0.15) is 0 Å². The second-order valence-electron chi connectivity index (χ2n) is 9.03. The molecule has 1 amide bonds. The highest BCUT2D eigenvalue weighted by molar-refractivity contribution is 7.92. The number of hydrogen-bond acceptors (Lipinski definition) is 6. The first kappa shape index (κ1) is 23.2. The number of piperazine rings is 1. The van der Waals surface area contributed by atoms with Crippen LogP contribution >= 0.6 is 0 Å². The van der Waals surface area contributed by atoms with E-state index in [1.54, 1.807) is 33.0 Å². The van der Waals surface area contributed by atoms with Crippen molar-refractivity contribution in [2.75, 3.05) is 42.9 Å². The van der Waals surface area contributed by atoms with Crippen molar-refractivity contribution in [3.8, 4) is 0 Å². The molecular weight excluding hydrogens is 412 g/mol. The van der Waals surface area contributed by atoms with Crippen LogP contribution in [0.2, 0.25) is 0 Å². The fourth-order valence-corrected chi connectivity index (χ4v) is 4.54. The van der Waals surface area contributed by atoms with Gasteiger partial charge in [-0.3, -0.25) is 9.69 Å². The molecule has 0 saturated carbocycles. The van der Waals surface area contributed by atoms with E-state index < -0.39 is 14.6 Å². The van der Waals surface area contributed by atoms with Crippen LogP contribution in [0.3, 0.4) is 0 Å². The number of pyridine rings is 1. The Kier molecular flexibility index (Phi) is 6.71. The molecular formula is C23H32N4O3S. The number of anilines is 2. The third kappa shape index (κ3) is 5.25. The summed E-state index contributed by atoms with van der Waals surface area (Å²) in [6, 6.07) is 9.30. The molecule has 1 aliphatic rings. The zero-order valence-electron chi connectivity index (χ0n) is 19.0. The number of carbonyl (C=O) groups excluding carboxylic acids is 1. The lowest BCUT2D eigenvalue weighted by atomic mass is 10.1. The van der Waals surface area contributed by atoms with E-state index in [1.165, 1.54) is 0 Å². The number of hydrogen-bond donors (Lipinski definition) is 1. The first-order valence-electron chi connectivity index (χ1n) is 10.5. The standard InChI is InChI=1S/C23H32N4O3S/c1-17-7-6-8-20(18(17)2)25-21(28)16-26-11-13-27(14-12-26)19-9-10-22(24-15-19)31(29,30)23(3,4)5/h6-10,15H,11-14,16H2,1-5H3,(H,25,28). The second-order valence-corrected chi connectivity index (χ2v) is 11.7. The van der Waals surface area contributed by atoms with E-state index in [1.807, 2.05) is 38.1 Å². The first-order chi connectivity index (χ1) is 14.5. The summed E-state index contributed by atoms with van der Waals surface area (Å²) in [7, 11) is -3.46. The highest BCUT2D eigenvalue weighted by Crippen LogP contribution is 2.25. The minimum Gasteiger partial charge on any atom is -0.368 e. The molecule has 2 heterocycles. The van der Waals surface area contributed by atoms with Crippen LogP contribution in [-0.2, 0) is 14.6 Å². The minimum absolute atomic E-state index is 0.0134. The molecule has 1 aromatic heterocycles. The molecule has 0 spiro atoms. The molecule has 1 aromatic carbocycles. The molecule has 2 aromatic rings. The van der Waals surface area contributed by atoms with Crippen molar-refractivity contribution in [1.29, 1.82) is 0 Å². The average molecular weight is 445 g/mol. The molecule has 1 fully saturated rings. The van der Waals surface area contributed by atoms with Crippen LogP contribution in [0.4, 0.5) is 11.4 Å². The molecule has 1 aliphatic heterocycles. The normalized spacial score (nSPS) is 15.7. The molecule has 31 heavy (non-hydrogen) atoms. The van der Waals surface area contributed by atoms with Crippen LogP contribution in [-0.4, -0.2) is 61.7 Å². The third-order valence-electron chi connectivity index (χ3n) is 5.79. The number of nitrogens with zero attached hydrogens (tertiary/aromatic N) is 3. The van der Waals surface area contributed by atoms with Crippen molar-refractivity contribution in [3.05, 3.63) is 47.7 Å². The van der Waals surface area contributed by atoms with Crippen LogP contribution in [0.15, 0.2) is 41.6 Å². The van der Waals surface area contributed by atoms with Gasteiger partial charge in [0.1, 0.15) is 0 Å². The summed E-state index contributed by atoms with van der Waals surface area (Å²) in [5, 5.41) is 3.11.